The molecule has 3 rings (SSSR count). The quantitative estimate of drug-likeness (QED) is 0.787. The topological polar surface area (TPSA) is 59.6 Å². The molecule has 136 valence electrons. The lowest BCUT2D eigenvalue weighted by molar-refractivity contribution is 0.0679. The smallest absolute Gasteiger partial charge is 0.257 e. The van der Waals surface area contributed by atoms with Gasteiger partial charge in [-0.25, -0.2) is 0 Å². The molecule has 0 spiro atoms. The molecule has 2 aromatic carbocycles. The van der Waals surface area contributed by atoms with Crippen molar-refractivity contribution in [3.05, 3.63) is 59.7 Å². The van der Waals surface area contributed by atoms with Gasteiger partial charge >= 0.3 is 0 Å². The van der Waals surface area contributed by atoms with E-state index in [9.17, 15) is 4.79 Å². The van der Waals surface area contributed by atoms with Crippen LogP contribution in [0.25, 0.3) is 0 Å². The molecule has 1 atom stereocenters. The molecule has 0 bridgehead atoms. The third-order valence-electron chi connectivity index (χ3n) is 4.11. The number of aryl methyl sites for hydroxylation is 1. The molecular formula is C20H22N2O3S. The van der Waals surface area contributed by atoms with Crippen LogP contribution in [0.5, 0.6) is 5.75 Å². The minimum Gasteiger partial charge on any atom is -0.491 e. The van der Waals surface area contributed by atoms with E-state index in [1.807, 2.05) is 43.3 Å². The molecule has 5 nitrogen and oxygen atoms in total. The number of carbonyl (C=O) groups excluding carboxylic acids is 1. The van der Waals surface area contributed by atoms with Crippen molar-refractivity contribution in [2.75, 3.05) is 18.5 Å². The monoisotopic (exact) mass is 370 g/mol. The number of anilines is 1. The molecule has 2 aromatic rings. The summed E-state index contributed by atoms with van der Waals surface area (Å²) in [6, 6.07) is 14.8. The Kier molecular flexibility index (Phi) is 6.20. The highest BCUT2D eigenvalue weighted by Gasteiger charge is 2.15. The molecule has 0 saturated carbocycles. The number of thiocarbonyl (C=S) groups is 1. The molecule has 2 N–H and O–H groups in total. The van der Waals surface area contributed by atoms with Gasteiger partial charge in [-0.3, -0.25) is 10.1 Å². The molecule has 0 aliphatic carbocycles. The number of amides is 1. The molecule has 6 heteroatoms. The van der Waals surface area contributed by atoms with Gasteiger partial charge in [0.25, 0.3) is 5.91 Å². The molecule has 1 unspecified atom stereocenters. The van der Waals surface area contributed by atoms with Crippen molar-refractivity contribution in [1.29, 1.82) is 0 Å². The Morgan fingerprint density at radius 3 is 2.58 bits per heavy atom. The second kappa shape index (κ2) is 8.78. The Balaban J connectivity index is 1.47. The van der Waals surface area contributed by atoms with E-state index < -0.39 is 0 Å². The minimum absolute atomic E-state index is 0.192. The van der Waals surface area contributed by atoms with Crippen LogP contribution in [0.3, 0.4) is 0 Å². The van der Waals surface area contributed by atoms with Gasteiger partial charge < -0.3 is 14.8 Å². The number of hydrogen-bond donors (Lipinski definition) is 2. The molecule has 1 aliphatic rings. The summed E-state index contributed by atoms with van der Waals surface area (Å²) in [4.78, 5) is 12.2. The van der Waals surface area contributed by atoms with E-state index in [2.05, 4.69) is 10.6 Å². The summed E-state index contributed by atoms with van der Waals surface area (Å²) in [5.41, 5.74) is 2.45. The first-order valence-corrected chi connectivity index (χ1v) is 9.04. The molecule has 1 aliphatic heterocycles. The van der Waals surface area contributed by atoms with E-state index in [1.165, 1.54) is 0 Å². The van der Waals surface area contributed by atoms with E-state index in [0.717, 1.165) is 36.4 Å². The first kappa shape index (κ1) is 18.4. The fourth-order valence-corrected chi connectivity index (χ4v) is 2.85. The molecule has 26 heavy (non-hydrogen) atoms. The highest BCUT2D eigenvalue weighted by atomic mass is 32.1. The second-order valence-corrected chi connectivity index (χ2v) is 6.65. The summed E-state index contributed by atoms with van der Waals surface area (Å²) in [5.74, 6) is 0.541. The van der Waals surface area contributed by atoms with Crippen LogP contribution in [0.4, 0.5) is 5.69 Å². The van der Waals surface area contributed by atoms with Crippen LogP contribution in [0, 0.1) is 6.92 Å². The number of nitrogens with one attached hydrogen (secondary N) is 2. The van der Waals surface area contributed by atoms with Crippen LogP contribution in [0.1, 0.15) is 28.8 Å². The van der Waals surface area contributed by atoms with Crippen molar-refractivity contribution in [2.45, 2.75) is 25.9 Å². The van der Waals surface area contributed by atoms with Gasteiger partial charge in [0, 0.05) is 17.9 Å². The average molecular weight is 370 g/mol. The van der Waals surface area contributed by atoms with E-state index in [0.29, 0.717) is 12.2 Å². The number of carbonyl (C=O) groups is 1. The lowest BCUT2D eigenvalue weighted by Crippen LogP contribution is -2.34. The predicted molar refractivity (Wildman–Crippen MR) is 106 cm³/mol. The average Bonchev–Trinajstić information content (AvgIpc) is 3.15. The fraction of sp³-hybridized carbons (Fsp3) is 0.300. The van der Waals surface area contributed by atoms with Crippen LogP contribution in [0.2, 0.25) is 0 Å². The molecule has 1 saturated heterocycles. The van der Waals surface area contributed by atoms with Crippen molar-refractivity contribution in [3.8, 4) is 5.75 Å². The maximum atomic E-state index is 12.2. The predicted octanol–water partition coefficient (Wildman–Crippen LogP) is 3.68. The van der Waals surface area contributed by atoms with Gasteiger partial charge in [-0.05, 0) is 68.4 Å². The number of ether oxygens (including phenoxy) is 2. The van der Waals surface area contributed by atoms with Crippen molar-refractivity contribution in [3.63, 3.8) is 0 Å². The standard InChI is InChI=1S/C20H22N2O3S/c1-14-4-6-15(7-5-14)19(23)22-20(26)21-16-8-10-17(11-9-16)25-13-18-3-2-12-24-18/h4-11,18H,2-3,12-13H2,1H3,(H2,21,22,23,26). The van der Waals surface area contributed by atoms with E-state index in [4.69, 9.17) is 21.7 Å². The van der Waals surface area contributed by atoms with E-state index >= 15 is 0 Å². The molecule has 0 radical (unpaired) electrons. The summed E-state index contributed by atoms with van der Waals surface area (Å²) < 4.78 is 11.3. The van der Waals surface area contributed by atoms with Gasteiger partial charge in [-0.2, -0.15) is 0 Å². The zero-order valence-electron chi connectivity index (χ0n) is 14.7. The molecule has 0 aromatic heterocycles. The summed E-state index contributed by atoms with van der Waals surface area (Å²) >= 11 is 5.20. The molecule has 1 amide bonds. The van der Waals surface area contributed by atoms with Gasteiger partial charge in [0.2, 0.25) is 0 Å². The summed E-state index contributed by atoms with van der Waals surface area (Å²) in [6.45, 7) is 3.36. The van der Waals surface area contributed by atoms with Crippen molar-refractivity contribution in [2.24, 2.45) is 0 Å². The maximum absolute atomic E-state index is 12.2. The lowest BCUT2D eigenvalue weighted by Gasteiger charge is -2.13. The fourth-order valence-electron chi connectivity index (χ4n) is 2.64. The Labute approximate surface area is 158 Å². The van der Waals surface area contributed by atoms with Gasteiger partial charge in [-0.15, -0.1) is 0 Å². The van der Waals surface area contributed by atoms with Gasteiger partial charge in [-0.1, -0.05) is 17.7 Å². The summed E-state index contributed by atoms with van der Waals surface area (Å²) in [5, 5.41) is 5.93. The third kappa shape index (κ3) is 5.28. The normalized spacial score (nSPS) is 16.1. The molecular weight excluding hydrogens is 348 g/mol. The largest absolute Gasteiger partial charge is 0.491 e. The van der Waals surface area contributed by atoms with Crippen molar-refractivity contribution < 1.29 is 14.3 Å². The van der Waals surface area contributed by atoms with Crippen LogP contribution in [0.15, 0.2) is 48.5 Å². The van der Waals surface area contributed by atoms with E-state index in [1.54, 1.807) is 12.1 Å². The van der Waals surface area contributed by atoms with Crippen LogP contribution in [-0.4, -0.2) is 30.3 Å². The zero-order chi connectivity index (χ0) is 18.4. The first-order valence-electron chi connectivity index (χ1n) is 8.63. The van der Waals surface area contributed by atoms with Crippen LogP contribution in [-0.2, 0) is 4.74 Å². The third-order valence-corrected chi connectivity index (χ3v) is 4.32. The number of benzene rings is 2. The Bertz CT molecular complexity index is 754. The van der Waals surface area contributed by atoms with Crippen molar-refractivity contribution >= 4 is 28.9 Å². The lowest BCUT2D eigenvalue weighted by atomic mass is 10.1. The second-order valence-electron chi connectivity index (χ2n) is 6.24. The van der Waals surface area contributed by atoms with Crippen LogP contribution < -0.4 is 15.4 Å². The maximum Gasteiger partial charge on any atom is 0.257 e. The van der Waals surface area contributed by atoms with Crippen molar-refractivity contribution in [1.82, 2.24) is 5.32 Å². The SMILES string of the molecule is Cc1ccc(C(=O)NC(=S)Nc2ccc(OCC3CCCO3)cc2)cc1. The highest BCUT2D eigenvalue weighted by molar-refractivity contribution is 7.80. The van der Waals surface area contributed by atoms with Crippen LogP contribution >= 0.6 is 12.2 Å². The van der Waals surface area contributed by atoms with Gasteiger partial charge in [0.15, 0.2) is 5.11 Å². The Morgan fingerprint density at radius 2 is 1.92 bits per heavy atom. The molecule has 1 fully saturated rings. The summed E-state index contributed by atoms with van der Waals surface area (Å²) in [7, 11) is 0. The zero-order valence-corrected chi connectivity index (χ0v) is 15.5. The highest BCUT2D eigenvalue weighted by Crippen LogP contribution is 2.18. The Hall–Kier alpha value is -2.44. The number of rotatable bonds is 5. The number of hydrogen-bond acceptors (Lipinski definition) is 4. The Morgan fingerprint density at radius 1 is 1.19 bits per heavy atom. The van der Waals surface area contributed by atoms with Gasteiger partial charge in [0.1, 0.15) is 12.4 Å². The minimum atomic E-state index is -0.237. The summed E-state index contributed by atoms with van der Waals surface area (Å²) in [6.07, 6.45) is 2.34. The van der Waals surface area contributed by atoms with E-state index in [-0.39, 0.29) is 17.1 Å². The first-order chi connectivity index (χ1) is 12.6. The molecule has 1 heterocycles. The van der Waals surface area contributed by atoms with Gasteiger partial charge in [0.05, 0.1) is 6.10 Å².